The fourth-order valence-corrected chi connectivity index (χ4v) is 3.31. The minimum absolute atomic E-state index is 0.0814. The van der Waals surface area contributed by atoms with Gasteiger partial charge in [-0.3, -0.25) is 4.79 Å². The number of carbonyl (C=O) groups excluding carboxylic acids is 2. The van der Waals surface area contributed by atoms with Gasteiger partial charge in [0.2, 0.25) is 0 Å². The van der Waals surface area contributed by atoms with Crippen LogP contribution >= 0.6 is 0 Å². The highest BCUT2D eigenvalue weighted by atomic mass is 16.6. The molecule has 174 valence electrons. The van der Waals surface area contributed by atoms with E-state index >= 15 is 0 Å². The van der Waals surface area contributed by atoms with Crippen molar-refractivity contribution < 1.29 is 23.5 Å². The largest absolute Gasteiger partial charge is 0.482 e. The highest BCUT2D eigenvalue weighted by molar-refractivity contribution is 5.97. The van der Waals surface area contributed by atoms with E-state index in [0.29, 0.717) is 11.1 Å². The molecule has 0 saturated carbocycles. The second-order valence-corrected chi connectivity index (χ2v) is 9.29. The van der Waals surface area contributed by atoms with E-state index in [1.54, 1.807) is 26.0 Å². The Morgan fingerprint density at radius 2 is 1.79 bits per heavy atom. The van der Waals surface area contributed by atoms with E-state index in [1.165, 1.54) is 12.1 Å². The van der Waals surface area contributed by atoms with Crippen LogP contribution in [0.25, 0.3) is 11.0 Å². The van der Waals surface area contributed by atoms with E-state index in [2.05, 4.69) is 26.1 Å². The standard InChI is InChI=1S/C26H29NO6/c1-15(2)27-24(29)19-12-17-8-9-18(13-22(17)33-25(19)30)32-23(28)14-31-21-10-7-16(3)11-20(21)26(4,5)6/h7-13,15H,14H2,1-6H3,(H,27,29). The number of hydrogen-bond acceptors (Lipinski definition) is 6. The van der Waals surface area contributed by atoms with Crippen molar-refractivity contribution in [3.05, 3.63) is 69.6 Å². The molecule has 0 bridgehead atoms. The average Bonchev–Trinajstić information content (AvgIpc) is 2.71. The van der Waals surface area contributed by atoms with Gasteiger partial charge >= 0.3 is 11.6 Å². The van der Waals surface area contributed by atoms with Crippen LogP contribution in [0.2, 0.25) is 0 Å². The van der Waals surface area contributed by atoms with Crippen molar-refractivity contribution in [1.29, 1.82) is 0 Å². The van der Waals surface area contributed by atoms with Gasteiger partial charge in [-0.15, -0.1) is 0 Å². The van der Waals surface area contributed by atoms with Gasteiger partial charge < -0.3 is 19.2 Å². The van der Waals surface area contributed by atoms with Gasteiger partial charge in [-0.1, -0.05) is 38.5 Å². The highest BCUT2D eigenvalue weighted by Crippen LogP contribution is 2.32. The Balaban J connectivity index is 1.73. The number of hydrogen-bond donors (Lipinski definition) is 1. The predicted molar refractivity (Wildman–Crippen MR) is 126 cm³/mol. The molecule has 1 N–H and O–H groups in total. The zero-order valence-corrected chi connectivity index (χ0v) is 19.8. The Morgan fingerprint density at radius 3 is 2.45 bits per heavy atom. The first-order valence-corrected chi connectivity index (χ1v) is 10.8. The number of ether oxygens (including phenoxy) is 2. The maximum absolute atomic E-state index is 12.4. The van der Waals surface area contributed by atoms with E-state index in [4.69, 9.17) is 13.9 Å². The number of benzene rings is 2. The van der Waals surface area contributed by atoms with Gasteiger partial charge in [0.15, 0.2) is 6.61 Å². The molecule has 3 rings (SSSR count). The fraction of sp³-hybridized carbons (Fsp3) is 0.346. The lowest BCUT2D eigenvalue weighted by atomic mass is 9.85. The summed E-state index contributed by atoms with van der Waals surface area (Å²) in [6.07, 6.45) is 0. The van der Waals surface area contributed by atoms with Crippen LogP contribution in [0.15, 0.2) is 51.7 Å². The number of nitrogens with one attached hydrogen (secondary N) is 1. The molecule has 7 heteroatoms. The summed E-state index contributed by atoms with van der Waals surface area (Å²) in [6, 6.07) is 11.8. The first-order valence-electron chi connectivity index (χ1n) is 10.8. The summed E-state index contributed by atoms with van der Waals surface area (Å²) in [5.74, 6) is -0.260. The van der Waals surface area contributed by atoms with E-state index in [1.807, 2.05) is 25.1 Å². The molecule has 7 nitrogen and oxygen atoms in total. The van der Waals surface area contributed by atoms with Gasteiger partial charge in [0.05, 0.1) is 0 Å². The molecule has 0 saturated heterocycles. The van der Waals surface area contributed by atoms with Crippen molar-refractivity contribution in [2.45, 2.75) is 53.0 Å². The average molecular weight is 452 g/mol. The topological polar surface area (TPSA) is 94.8 Å². The third-order valence-electron chi connectivity index (χ3n) is 4.89. The Morgan fingerprint density at radius 1 is 1.06 bits per heavy atom. The molecular formula is C26H29NO6. The van der Waals surface area contributed by atoms with Crippen LogP contribution in [-0.2, 0) is 10.2 Å². The molecule has 0 aliphatic carbocycles. The number of aryl methyl sites for hydroxylation is 1. The van der Waals surface area contributed by atoms with Crippen LogP contribution < -0.4 is 20.4 Å². The molecule has 3 aromatic rings. The molecule has 0 fully saturated rings. The molecule has 1 amide bonds. The number of fused-ring (bicyclic) bond motifs is 1. The van der Waals surface area contributed by atoms with Crippen LogP contribution in [0.3, 0.4) is 0 Å². The summed E-state index contributed by atoms with van der Waals surface area (Å²) in [7, 11) is 0. The lowest BCUT2D eigenvalue weighted by molar-refractivity contribution is -0.136. The molecule has 0 aliphatic heterocycles. The Kier molecular flexibility index (Phi) is 6.91. The molecule has 33 heavy (non-hydrogen) atoms. The Bertz CT molecular complexity index is 1250. The van der Waals surface area contributed by atoms with Crippen LogP contribution in [0.1, 0.15) is 56.1 Å². The summed E-state index contributed by atoms with van der Waals surface area (Å²) in [5, 5.41) is 3.20. The molecule has 0 unspecified atom stereocenters. The maximum atomic E-state index is 12.4. The lowest BCUT2D eigenvalue weighted by Crippen LogP contribution is -2.33. The molecule has 0 aliphatic rings. The van der Waals surface area contributed by atoms with Crippen molar-refractivity contribution in [2.24, 2.45) is 0 Å². The number of rotatable bonds is 6. The van der Waals surface area contributed by atoms with Gasteiger partial charge in [-0.05, 0) is 56.0 Å². The highest BCUT2D eigenvalue weighted by Gasteiger charge is 2.20. The number of esters is 1. The van der Waals surface area contributed by atoms with Crippen molar-refractivity contribution in [3.8, 4) is 11.5 Å². The van der Waals surface area contributed by atoms with Gasteiger partial charge in [0.1, 0.15) is 22.6 Å². The van der Waals surface area contributed by atoms with Crippen molar-refractivity contribution >= 4 is 22.8 Å². The lowest BCUT2D eigenvalue weighted by Gasteiger charge is -2.23. The first kappa shape index (κ1) is 24.0. The van der Waals surface area contributed by atoms with Crippen molar-refractivity contribution in [2.75, 3.05) is 6.61 Å². The van der Waals surface area contributed by atoms with Gasteiger partial charge in [-0.25, -0.2) is 9.59 Å². The van der Waals surface area contributed by atoms with Crippen molar-refractivity contribution in [1.82, 2.24) is 5.32 Å². The monoisotopic (exact) mass is 451 g/mol. The van der Waals surface area contributed by atoms with Gasteiger partial charge in [0.25, 0.3) is 5.91 Å². The van der Waals surface area contributed by atoms with Crippen LogP contribution in [0.4, 0.5) is 0 Å². The zero-order chi connectivity index (χ0) is 24.3. The van der Waals surface area contributed by atoms with Crippen LogP contribution in [-0.4, -0.2) is 24.5 Å². The predicted octanol–water partition coefficient (Wildman–Crippen LogP) is 4.52. The van der Waals surface area contributed by atoms with Gasteiger partial charge in [-0.2, -0.15) is 0 Å². The molecule has 2 aromatic carbocycles. The summed E-state index contributed by atoms with van der Waals surface area (Å²) < 4.78 is 16.4. The van der Waals surface area contributed by atoms with E-state index in [-0.39, 0.29) is 35.0 Å². The summed E-state index contributed by atoms with van der Waals surface area (Å²) in [6.45, 7) is 11.6. The molecule has 0 radical (unpaired) electrons. The smallest absolute Gasteiger partial charge is 0.349 e. The quantitative estimate of drug-likeness (QED) is 0.336. The molecule has 0 spiro atoms. The fourth-order valence-electron chi connectivity index (χ4n) is 3.31. The van der Waals surface area contributed by atoms with Crippen molar-refractivity contribution in [3.63, 3.8) is 0 Å². The third-order valence-corrected chi connectivity index (χ3v) is 4.89. The second kappa shape index (κ2) is 9.48. The number of amides is 1. The maximum Gasteiger partial charge on any atom is 0.349 e. The zero-order valence-electron chi connectivity index (χ0n) is 19.8. The first-order chi connectivity index (χ1) is 15.4. The van der Waals surface area contributed by atoms with E-state index in [0.717, 1.165) is 11.1 Å². The Hall–Kier alpha value is -3.61. The van der Waals surface area contributed by atoms with Gasteiger partial charge in [0, 0.05) is 17.5 Å². The van der Waals surface area contributed by atoms with E-state index in [9.17, 15) is 14.4 Å². The number of carbonyl (C=O) groups is 2. The summed E-state index contributed by atoms with van der Waals surface area (Å²) >= 11 is 0. The summed E-state index contributed by atoms with van der Waals surface area (Å²) in [5.41, 5.74) is 1.33. The van der Waals surface area contributed by atoms with Crippen LogP contribution in [0.5, 0.6) is 11.5 Å². The van der Waals surface area contributed by atoms with Crippen LogP contribution in [0, 0.1) is 6.92 Å². The second-order valence-electron chi connectivity index (χ2n) is 9.29. The SMILES string of the molecule is Cc1ccc(OCC(=O)Oc2ccc3cc(C(=O)NC(C)C)c(=O)oc3c2)c(C(C)(C)C)c1. The minimum Gasteiger partial charge on any atom is -0.482 e. The van der Waals surface area contributed by atoms with E-state index < -0.39 is 17.5 Å². The Labute approximate surface area is 192 Å². The molecular weight excluding hydrogens is 422 g/mol. The normalized spacial score (nSPS) is 11.5. The summed E-state index contributed by atoms with van der Waals surface area (Å²) in [4.78, 5) is 36.8. The molecule has 0 atom stereocenters. The molecule has 1 aromatic heterocycles. The molecule has 1 heterocycles. The minimum atomic E-state index is -0.762. The third kappa shape index (κ3) is 6.00.